The number of rotatable bonds is 3. The fourth-order valence-electron chi connectivity index (χ4n) is 1.41. The van der Waals surface area contributed by atoms with Gasteiger partial charge in [0, 0.05) is 6.07 Å². The highest BCUT2D eigenvalue weighted by Crippen LogP contribution is 2.29. The van der Waals surface area contributed by atoms with Gasteiger partial charge in [0.05, 0.1) is 15.9 Å². The Hall–Kier alpha value is -2.35. The molecule has 0 bridgehead atoms. The summed E-state index contributed by atoms with van der Waals surface area (Å²) in [5, 5.41) is 14.4. The number of benzene rings is 1. The van der Waals surface area contributed by atoms with Gasteiger partial charge in [-0.15, -0.1) is 11.3 Å². The van der Waals surface area contributed by atoms with Crippen molar-refractivity contribution >= 4 is 28.6 Å². The minimum Gasteiger partial charge on any atom is -0.313 e. The number of thiophene rings is 1. The first-order valence-electron chi connectivity index (χ1n) is 4.97. The molecule has 19 heavy (non-hydrogen) atoms. The molecule has 1 aromatic carbocycles. The van der Waals surface area contributed by atoms with Gasteiger partial charge in [0.1, 0.15) is 5.82 Å². The molecule has 0 radical (unpaired) electrons. The smallest absolute Gasteiger partial charge is 0.298 e. The van der Waals surface area contributed by atoms with E-state index in [-0.39, 0.29) is 4.88 Å². The summed E-state index contributed by atoms with van der Waals surface area (Å²) >= 11 is 1.10. The molecule has 1 aromatic heterocycles. The third-order valence-corrected chi connectivity index (χ3v) is 3.08. The molecule has 1 heterocycles. The van der Waals surface area contributed by atoms with E-state index in [4.69, 9.17) is 0 Å². The predicted molar refractivity (Wildman–Crippen MR) is 65.3 cm³/mol. The summed E-state index contributed by atoms with van der Waals surface area (Å²) < 4.78 is 26.4. The van der Waals surface area contributed by atoms with Crippen molar-refractivity contribution in [1.82, 2.24) is 0 Å². The minimum absolute atomic E-state index is 0.262. The molecule has 5 nitrogen and oxygen atoms in total. The summed E-state index contributed by atoms with van der Waals surface area (Å²) in [7, 11) is 0. The summed E-state index contributed by atoms with van der Waals surface area (Å²) in [5.74, 6) is -2.97. The first-order valence-corrected chi connectivity index (χ1v) is 5.85. The lowest BCUT2D eigenvalue weighted by Crippen LogP contribution is -2.13. The number of hydrogen-bond acceptors (Lipinski definition) is 4. The Morgan fingerprint density at radius 3 is 2.68 bits per heavy atom. The van der Waals surface area contributed by atoms with Gasteiger partial charge in [0.25, 0.3) is 11.6 Å². The average Bonchev–Trinajstić information content (AvgIpc) is 2.85. The molecular formula is C11H6F2N2O3S. The van der Waals surface area contributed by atoms with Crippen molar-refractivity contribution in [2.45, 2.75) is 0 Å². The van der Waals surface area contributed by atoms with Crippen molar-refractivity contribution in [3.63, 3.8) is 0 Å². The van der Waals surface area contributed by atoms with Crippen LogP contribution in [-0.4, -0.2) is 10.8 Å². The highest BCUT2D eigenvalue weighted by atomic mass is 32.1. The van der Waals surface area contributed by atoms with Gasteiger partial charge >= 0.3 is 0 Å². The number of carbonyl (C=O) groups excluding carboxylic acids is 1. The lowest BCUT2D eigenvalue weighted by Gasteiger charge is -2.06. The Balaban J connectivity index is 2.39. The van der Waals surface area contributed by atoms with Crippen LogP contribution < -0.4 is 5.32 Å². The third-order valence-electron chi connectivity index (χ3n) is 2.21. The summed E-state index contributed by atoms with van der Waals surface area (Å²) in [6.45, 7) is 0. The van der Waals surface area contributed by atoms with E-state index in [0.717, 1.165) is 11.3 Å². The maximum Gasteiger partial charge on any atom is 0.298 e. The van der Waals surface area contributed by atoms with Crippen molar-refractivity contribution in [2.75, 3.05) is 5.32 Å². The molecular weight excluding hydrogens is 278 g/mol. The van der Waals surface area contributed by atoms with Crippen LogP contribution in [0.1, 0.15) is 9.67 Å². The molecule has 98 valence electrons. The average molecular weight is 284 g/mol. The van der Waals surface area contributed by atoms with Crippen molar-refractivity contribution in [2.24, 2.45) is 0 Å². The molecule has 0 saturated heterocycles. The van der Waals surface area contributed by atoms with E-state index < -0.39 is 33.8 Å². The largest absolute Gasteiger partial charge is 0.313 e. The number of nitrogens with one attached hydrogen (secondary N) is 1. The quantitative estimate of drug-likeness (QED) is 0.695. The standard InChI is InChI=1S/C11H6F2N2O3S/c12-6-4-7(13)10(8(5-6)15(17)18)14-11(16)9-2-1-3-19-9/h1-5H,(H,14,16). The number of anilines is 1. The van der Waals surface area contributed by atoms with Gasteiger partial charge in [-0.1, -0.05) is 6.07 Å². The topological polar surface area (TPSA) is 72.2 Å². The second-order valence-electron chi connectivity index (χ2n) is 3.47. The lowest BCUT2D eigenvalue weighted by molar-refractivity contribution is -0.384. The lowest BCUT2D eigenvalue weighted by atomic mass is 10.2. The van der Waals surface area contributed by atoms with Gasteiger partial charge < -0.3 is 5.32 Å². The number of nitro groups is 1. The first kappa shape index (κ1) is 13.1. The molecule has 0 atom stereocenters. The highest BCUT2D eigenvalue weighted by molar-refractivity contribution is 7.12. The summed E-state index contributed by atoms with van der Waals surface area (Å²) in [4.78, 5) is 21.7. The molecule has 2 rings (SSSR count). The van der Waals surface area contributed by atoms with Crippen LogP contribution in [0, 0.1) is 21.7 Å². The zero-order valence-corrected chi connectivity index (χ0v) is 10.0. The van der Waals surface area contributed by atoms with E-state index in [1.165, 1.54) is 6.07 Å². The number of carbonyl (C=O) groups is 1. The van der Waals surface area contributed by atoms with Crippen LogP contribution in [0.5, 0.6) is 0 Å². The summed E-state index contributed by atoms with van der Waals surface area (Å²) in [6, 6.07) is 4.10. The van der Waals surface area contributed by atoms with E-state index in [1.54, 1.807) is 11.4 Å². The molecule has 0 aliphatic carbocycles. The fourth-order valence-corrected chi connectivity index (χ4v) is 2.03. The van der Waals surface area contributed by atoms with Crippen molar-refractivity contribution in [3.8, 4) is 0 Å². The Morgan fingerprint density at radius 2 is 2.11 bits per heavy atom. The Labute approximate surface area is 109 Å². The van der Waals surface area contributed by atoms with Crippen molar-refractivity contribution in [1.29, 1.82) is 0 Å². The minimum atomic E-state index is -1.20. The normalized spacial score (nSPS) is 10.2. The van der Waals surface area contributed by atoms with Crippen LogP contribution in [0.4, 0.5) is 20.2 Å². The van der Waals surface area contributed by atoms with Crippen molar-refractivity contribution < 1.29 is 18.5 Å². The molecule has 1 amide bonds. The number of hydrogen-bond donors (Lipinski definition) is 1. The van der Waals surface area contributed by atoms with Crippen LogP contribution in [0.15, 0.2) is 29.6 Å². The summed E-state index contributed by atoms with van der Waals surface area (Å²) in [6.07, 6.45) is 0. The molecule has 0 aliphatic rings. The zero-order valence-electron chi connectivity index (χ0n) is 9.22. The molecule has 1 N–H and O–H groups in total. The van der Waals surface area contributed by atoms with Crippen LogP contribution >= 0.6 is 11.3 Å². The predicted octanol–water partition coefficient (Wildman–Crippen LogP) is 3.19. The van der Waals surface area contributed by atoms with E-state index in [9.17, 15) is 23.7 Å². The van der Waals surface area contributed by atoms with E-state index in [2.05, 4.69) is 5.32 Å². The second kappa shape index (κ2) is 5.11. The van der Waals surface area contributed by atoms with Gasteiger partial charge in [-0.25, -0.2) is 8.78 Å². The third kappa shape index (κ3) is 2.74. The van der Waals surface area contributed by atoms with E-state index in [1.807, 2.05) is 0 Å². The monoisotopic (exact) mass is 284 g/mol. The number of nitro benzene ring substituents is 1. The fraction of sp³-hybridized carbons (Fsp3) is 0. The van der Waals surface area contributed by atoms with E-state index >= 15 is 0 Å². The van der Waals surface area contributed by atoms with Gasteiger partial charge in [0.2, 0.25) is 0 Å². The molecule has 0 unspecified atom stereocenters. The highest BCUT2D eigenvalue weighted by Gasteiger charge is 2.22. The number of amides is 1. The van der Waals surface area contributed by atoms with Crippen LogP contribution in [0.25, 0.3) is 0 Å². The molecule has 0 fully saturated rings. The summed E-state index contributed by atoms with van der Waals surface area (Å²) in [5.41, 5.74) is -1.48. The van der Waals surface area contributed by atoms with Crippen LogP contribution in [-0.2, 0) is 0 Å². The van der Waals surface area contributed by atoms with Gasteiger partial charge in [-0.05, 0) is 11.4 Å². The SMILES string of the molecule is O=C(Nc1c(F)cc(F)cc1[N+](=O)[O-])c1cccs1. The molecule has 2 aromatic rings. The van der Waals surface area contributed by atoms with Gasteiger partial charge in [-0.2, -0.15) is 0 Å². The maximum atomic E-state index is 13.5. The molecule has 0 aliphatic heterocycles. The number of halogens is 2. The van der Waals surface area contributed by atoms with Gasteiger partial charge in [-0.3, -0.25) is 14.9 Å². The Bertz CT molecular complexity index is 644. The van der Waals surface area contributed by atoms with Crippen LogP contribution in [0.2, 0.25) is 0 Å². The second-order valence-corrected chi connectivity index (χ2v) is 4.42. The van der Waals surface area contributed by atoms with Crippen molar-refractivity contribution in [3.05, 3.63) is 56.3 Å². The molecule has 0 spiro atoms. The van der Waals surface area contributed by atoms with E-state index in [0.29, 0.717) is 12.1 Å². The zero-order chi connectivity index (χ0) is 14.0. The maximum absolute atomic E-state index is 13.5. The first-order chi connectivity index (χ1) is 8.99. The molecule has 8 heteroatoms. The van der Waals surface area contributed by atoms with Crippen LogP contribution in [0.3, 0.4) is 0 Å². The van der Waals surface area contributed by atoms with Gasteiger partial charge in [0.15, 0.2) is 11.5 Å². The molecule has 0 saturated carbocycles. The Morgan fingerprint density at radius 1 is 1.37 bits per heavy atom. The Kier molecular flexibility index (Phi) is 3.52. The number of nitrogens with zero attached hydrogens (tertiary/aromatic N) is 1.